The molecule has 1 aromatic carbocycles. The van der Waals surface area contributed by atoms with Crippen molar-refractivity contribution in [3.05, 3.63) is 47.2 Å². The van der Waals surface area contributed by atoms with Crippen molar-refractivity contribution in [2.45, 2.75) is 35.9 Å². The number of thiophene rings is 1. The van der Waals surface area contributed by atoms with Crippen LogP contribution in [0.4, 0.5) is 8.78 Å². The zero-order valence-electron chi connectivity index (χ0n) is 24.0. The summed E-state index contributed by atoms with van der Waals surface area (Å²) < 4.78 is 90.2. The van der Waals surface area contributed by atoms with Crippen LogP contribution in [-0.4, -0.2) is 80.1 Å². The number of halogens is 4. The molecule has 1 N–H and O–H groups in total. The summed E-state index contributed by atoms with van der Waals surface area (Å²) in [5.74, 6) is -9.78. The Balaban J connectivity index is 1.17. The Hall–Kier alpha value is -2.54. The van der Waals surface area contributed by atoms with Gasteiger partial charge in [-0.3, -0.25) is 14.1 Å². The van der Waals surface area contributed by atoms with Crippen molar-refractivity contribution in [3.63, 3.8) is 0 Å². The van der Waals surface area contributed by atoms with E-state index in [1.54, 1.807) is 45.2 Å². The summed E-state index contributed by atoms with van der Waals surface area (Å²) >= 11 is 4.77. The first-order valence-electron chi connectivity index (χ1n) is 14.0. The largest absolute Gasteiger partial charge is 0.458 e. The summed E-state index contributed by atoms with van der Waals surface area (Å²) in [5, 5.41) is -3.00. The number of rotatable bonds is 9. The van der Waals surface area contributed by atoms with Crippen molar-refractivity contribution in [2.75, 3.05) is 19.8 Å². The van der Waals surface area contributed by atoms with Crippen molar-refractivity contribution in [3.8, 4) is 5.75 Å². The lowest BCUT2D eigenvalue weighted by Crippen LogP contribution is -2.46. The number of carbonyl (C=O) groups is 5. The van der Waals surface area contributed by atoms with Crippen LogP contribution < -0.4 is 4.74 Å². The van der Waals surface area contributed by atoms with E-state index >= 15 is 0 Å². The lowest BCUT2D eigenvalue weighted by molar-refractivity contribution is -0.179. The molecular weight excluding hydrogens is 916 g/mol. The molecule has 7 unspecified atom stereocenters. The van der Waals surface area contributed by atoms with Crippen LogP contribution in [0, 0.1) is 30.8 Å². The van der Waals surface area contributed by atoms with Crippen LogP contribution in [0.3, 0.4) is 0 Å². The van der Waals surface area contributed by atoms with E-state index < -0.39 is 105 Å². The highest BCUT2D eigenvalue weighted by molar-refractivity contribution is 14.1. The van der Waals surface area contributed by atoms with Gasteiger partial charge in [0.15, 0.2) is 18.0 Å². The minimum atomic E-state index is -5.91. The van der Waals surface area contributed by atoms with Crippen molar-refractivity contribution >= 4 is 96.5 Å². The van der Waals surface area contributed by atoms with Crippen LogP contribution in [0.2, 0.25) is 0 Å². The minimum Gasteiger partial charge on any atom is -0.458 e. The number of esters is 5. The average molecular weight is 938 g/mol. The molecule has 2 saturated heterocycles. The van der Waals surface area contributed by atoms with Gasteiger partial charge in [-0.2, -0.15) is 17.2 Å². The normalized spacial score (nSPS) is 29.0. The van der Waals surface area contributed by atoms with Gasteiger partial charge in [-0.1, -0.05) is 6.07 Å². The summed E-state index contributed by atoms with van der Waals surface area (Å²) in [5.41, 5.74) is -1.67. The highest BCUT2D eigenvalue weighted by atomic mass is 127. The molecule has 0 spiro atoms. The zero-order valence-corrected chi connectivity index (χ0v) is 29.9. The maximum atomic E-state index is 13.7. The molecule has 258 valence electrons. The quantitative estimate of drug-likeness (QED) is 0.0963. The summed E-state index contributed by atoms with van der Waals surface area (Å²) in [7, 11) is -5.91. The topological polar surface area (TPSA) is 195 Å². The smallest absolute Gasteiger partial charge is 0.422 e. The van der Waals surface area contributed by atoms with Crippen LogP contribution in [0.15, 0.2) is 29.6 Å². The maximum absolute atomic E-state index is 13.7. The third kappa shape index (κ3) is 6.31. The summed E-state index contributed by atoms with van der Waals surface area (Å²) in [4.78, 5) is 66.0. The molecule has 4 fully saturated rings. The van der Waals surface area contributed by atoms with Crippen LogP contribution >= 0.6 is 56.5 Å². The monoisotopic (exact) mass is 938 g/mol. The minimum absolute atomic E-state index is 0.0556. The molecule has 48 heavy (non-hydrogen) atoms. The van der Waals surface area contributed by atoms with Gasteiger partial charge in [0, 0.05) is 21.8 Å². The molecule has 4 aliphatic rings. The summed E-state index contributed by atoms with van der Waals surface area (Å²) in [6.45, 7) is -1.58. The standard InChI is InChI=1S/C28H22F2I2O14S2/c29-28(30,48(38,39)40)10-42-22(33)14-6-11(31)7-15(32)19(14)43-25(36)26(37)45-21-13-8-12-17(23(34)44-20(12)21)18(13)24(35)46-27(3-4-41-9-27)16-2-1-5-47-16/h1-2,5-7,12-13,17-18,20-21H,3-4,8-10H2,(H,38,39,40). The van der Waals surface area contributed by atoms with Gasteiger partial charge in [0.1, 0.15) is 17.8 Å². The molecule has 6 rings (SSSR count). The molecule has 2 aromatic rings. The third-order valence-corrected chi connectivity index (χ3v) is 12.0. The molecule has 2 bridgehead atoms. The van der Waals surface area contributed by atoms with Crippen LogP contribution in [0.5, 0.6) is 5.75 Å². The highest BCUT2D eigenvalue weighted by Crippen LogP contribution is 2.59. The number of ether oxygens (including phenoxy) is 6. The van der Waals surface area contributed by atoms with E-state index in [0.717, 1.165) is 10.9 Å². The van der Waals surface area contributed by atoms with E-state index in [-0.39, 0.29) is 16.6 Å². The fourth-order valence-corrected chi connectivity index (χ4v) is 9.60. The van der Waals surface area contributed by atoms with Crippen molar-refractivity contribution < 1.29 is 74.1 Å². The molecule has 2 aliphatic heterocycles. The molecule has 7 atom stereocenters. The molecule has 20 heteroatoms. The van der Waals surface area contributed by atoms with Crippen molar-refractivity contribution in [1.29, 1.82) is 0 Å². The van der Waals surface area contributed by atoms with Crippen molar-refractivity contribution in [1.82, 2.24) is 0 Å². The molecule has 1 aromatic heterocycles. The Morgan fingerprint density at radius 1 is 1.15 bits per heavy atom. The first-order valence-corrected chi connectivity index (χ1v) is 18.5. The van der Waals surface area contributed by atoms with Gasteiger partial charge in [-0.15, -0.1) is 11.3 Å². The lowest BCUT2D eigenvalue weighted by atomic mass is 9.78. The second kappa shape index (κ2) is 13.0. The number of hydrogen-bond donors (Lipinski definition) is 1. The maximum Gasteiger partial charge on any atom is 0.422 e. The van der Waals surface area contributed by atoms with Gasteiger partial charge in [0.25, 0.3) is 0 Å². The lowest BCUT2D eigenvalue weighted by Gasteiger charge is -2.33. The average Bonchev–Trinajstić information content (AvgIpc) is 3.83. The molecule has 14 nitrogen and oxygen atoms in total. The van der Waals surface area contributed by atoms with E-state index in [0.29, 0.717) is 16.6 Å². The van der Waals surface area contributed by atoms with E-state index in [1.165, 1.54) is 17.4 Å². The van der Waals surface area contributed by atoms with E-state index in [2.05, 4.69) is 4.74 Å². The number of fused-ring (bicyclic) bond motifs is 1. The molecule has 0 amide bonds. The van der Waals surface area contributed by atoms with Gasteiger partial charge in [-0.25, -0.2) is 14.4 Å². The van der Waals surface area contributed by atoms with E-state index in [4.69, 9.17) is 28.2 Å². The van der Waals surface area contributed by atoms with Gasteiger partial charge in [0.2, 0.25) is 0 Å². The Morgan fingerprint density at radius 2 is 1.90 bits per heavy atom. The van der Waals surface area contributed by atoms with Gasteiger partial charge >= 0.3 is 45.2 Å². The first-order chi connectivity index (χ1) is 22.5. The van der Waals surface area contributed by atoms with Crippen LogP contribution in [-0.2, 0) is 58.6 Å². The van der Waals surface area contributed by atoms with Gasteiger partial charge < -0.3 is 28.4 Å². The molecule has 2 saturated carbocycles. The first kappa shape index (κ1) is 35.3. The zero-order chi connectivity index (χ0) is 34.8. The fraction of sp³-hybridized carbons (Fsp3) is 0.464. The van der Waals surface area contributed by atoms with E-state index in [9.17, 15) is 41.2 Å². The molecular formula is C28H22F2I2O14S2. The second-order valence-corrected chi connectivity index (χ2v) is 16.3. The number of benzene rings is 1. The van der Waals surface area contributed by atoms with Gasteiger partial charge in [0.05, 0.1) is 33.5 Å². The third-order valence-electron chi connectivity index (χ3n) is 8.65. The van der Waals surface area contributed by atoms with Crippen molar-refractivity contribution in [2.24, 2.45) is 23.7 Å². The summed E-state index contributed by atoms with van der Waals surface area (Å²) in [6, 6.07) is 6.09. The predicted molar refractivity (Wildman–Crippen MR) is 170 cm³/mol. The fourth-order valence-electron chi connectivity index (χ4n) is 6.56. The van der Waals surface area contributed by atoms with E-state index in [1.807, 2.05) is 17.5 Å². The SMILES string of the molecule is O=C(Oc1c(I)cc(I)cc1C(=O)OCC(F)(F)S(=O)(=O)O)C(=O)OC1C2CC3C1OC(=O)C3C2C(=O)OC1(c2cccs2)CCOC1. The Kier molecular flexibility index (Phi) is 9.54. The van der Waals surface area contributed by atoms with Gasteiger partial charge in [-0.05, 0) is 75.2 Å². The molecule has 0 radical (unpaired) electrons. The number of alkyl halides is 2. The number of carbonyl (C=O) groups excluding carboxylic acids is 5. The Labute approximate surface area is 301 Å². The number of hydrogen-bond acceptors (Lipinski definition) is 14. The molecule has 2 aliphatic carbocycles. The van der Waals surface area contributed by atoms with Crippen LogP contribution in [0.1, 0.15) is 28.1 Å². The highest BCUT2D eigenvalue weighted by Gasteiger charge is 2.70. The molecule has 3 heterocycles. The van der Waals surface area contributed by atoms with Crippen LogP contribution in [0.25, 0.3) is 0 Å². The summed E-state index contributed by atoms with van der Waals surface area (Å²) in [6.07, 6.45) is -1.47. The second-order valence-electron chi connectivity index (χ2n) is 11.4. The Bertz CT molecular complexity index is 1790. The Morgan fingerprint density at radius 3 is 2.54 bits per heavy atom. The predicted octanol–water partition coefficient (Wildman–Crippen LogP) is 3.08.